The van der Waals surface area contributed by atoms with Crippen molar-refractivity contribution in [2.75, 3.05) is 18.1 Å². The summed E-state index contributed by atoms with van der Waals surface area (Å²) in [6.07, 6.45) is 3.72. The standard InChI is InChI=1S/C13H19NS/c14-11-13(6-8-15-9-7-13)10-12-4-2-1-3-5-12/h1-5H,6-11,14H2. The Balaban J connectivity index is 2.07. The van der Waals surface area contributed by atoms with E-state index in [0.29, 0.717) is 5.41 Å². The van der Waals surface area contributed by atoms with Crippen LogP contribution in [-0.4, -0.2) is 18.1 Å². The molecule has 0 unspecified atom stereocenters. The topological polar surface area (TPSA) is 26.0 Å². The largest absolute Gasteiger partial charge is 0.330 e. The van der Waals surface area contributed by atoms with Gasteiger partial charge in [-0.25, -0.2) is 0 Å². The first kappa shape index (κ1) is 11.0. The number of hydrogen-bond acceptors (Lipinski definition) is 2. The molecule has 0 amide bonds. The molecule has 1 saturated heterocycles. The Hall–Kier alpha value is -0.470. The molecule has 1 aromatic carbocycles. The van der Waals surface area contributed by atoms with Crippen LogP contribution in [0.2, 0.25) is 0 Å². The molecular formula is C13H19NS. The summed E-state index contributed by atoms with van der Waals surface area (Å²) in [5, 5.41) is 0. The molecule has 1 aliphatic rings. The van der Waals surface area contributed by atoms with Gasteiger partial charge in [0, 0.05) is 0 Å². The van der Waals surface area contributed by atoms with Gasteiger partial charge in [-0.2, -0.15) is 11.8 Å². The number of thioether (sulfide) groups is 1. The van der Waals surface area contributed by atoms with E-state index in [-0.39, 0.29) is 0 Å². The Morgan fingerprint density at radius 1 is 1.13 bits per heavy atom. The van der Waals surface area contributed by atoms with E-state index in [9.17, 15) is 0 Å². The predicted molar refractivity (Wildman–Crippen MR) is 68.2 cm³/mol. The van der Waals surface area contributed by atoms with Crippen molar-refractivity contribution in [3.05, 3.63) is 35.9 Å². The van der Waals surface area contributed by atoms with Gasteiger partial charge in [0.1, 0.15) is 0 Å². The summed E-state index contributed by atoms with van der Waals surface area (Å²) in [5.74, 6) is 2.56. The van der Waals surface area contributed by atoms with Crippen LogP contribution in [-0.2, 0) is 6.42 Å². The molecule has 15 heavy (non-hydrogen) atoms. The highest BCUT2D eigenvalue weighted by atomic mass is 32.2. The summed E-state index contributed by atoms with van der Waals surface area (Å²) in [5.41, 5.74) is 7.80. The molecule has 82 valence electrons. The fourth-order valence-corrected chi connectivity index (χ4v) is 3.65. The van der Waals surface area contributed by atoms with Crippen molar-refractivity contribution in [3.63, 3.8) is 0 Å². The molecular weight excluding hydrogens is 202 g/mol. The third kappa shape index (κ3) is 2.76. The first-order chi connectivity index (χ1) is 7.35. The molecule has 1 aliphatic heterocycles. The average Bonchev–Trinajstić information content (AvgIpc) is 2.32. The van der Waals surface area contributed by atoms with Gasteiger partial charge in [-0.05, 0) is 48.3 Å². The molecule has 0 spiro atoms. The zero-order chi connectivity index (χ0) is 10.6. The van der Waals surface area contributed by atoms with Gasteiger partial charge in [0.2, 0.25) is 0 Å². The second kappa shape index (κ2) is 5.04. The molecule has 0 radical (unpaired) electrons. The molecule has 1 aromatic rings. The molecule has 0 bridgehead atoms. The van der Waals surface area contributed by atoms with Gasteiger partial charge in [-0.1, -0.05) is 30.3 Å². The van der Waals surface area contributed by atoms with Crippen LogP contribution in [0, 0.1) is 5.41 Å². The van der Waals surface area contributed by atoms with Crippen LogP contribution in [0.5, 0.6) is 0 Å². The van der Waals surface area contributed by atoms with Crippen molar-refractivity contribution in [2.45, 2.75) is 19.3 Å². The van der Waals surface area contributed by atoms with Crippen LogP contribution in [0.25, 0.3) is 0 Å². The van der Waals surface area contributed by atoms with E-state index >= 15 is 0 Å². The quantitative estimate of drug-likeness (QED) is 0.849. The Kier molecular flexibility index (Phi) is 3.71. The van der Waals surface area contributed by atoms with E-state index in [4.69, 9.17) is 5.73 Å². The minimum absolute atomic E-state index is 0.382. The van der Waals surface area contributed by atoms with Gasteiger partial charge < -0.3 is 5.73 Å². The lowest BCUT2D eigenvalue weighted by molar-refractivity contribution is 0.270. The van der Waals surface area contributed by atoms with Crippen LogP contribution in [0.3, 0.4) is 0 Å². The number of hydrogen-bond donors (Lipinski definition) is 1. The van der Waals surface area contributed by atoms with Gasteiger partial charge in [-0.3, -0.25) is 0 Å². The highest BCUT2D eigenvalue weighted by Gasteiger charge is 2.30. The molecule has 0 aliphatic carbocycles. The normalized spacial score (nSPS) is 20.1. The average molecular weight is 221 g/mol. The van der Waals surface area contributed by atoms with Gasteiger partial charge in [0.25, 0.3) is 0 Å². The van der Waals surface area contributed by atoms with E-state index in [1.807, 2.05) is 0 Å². The third-order valence-corrected chi connectivity index (χ3v) is 4.39. The predicted octanol–water partition coefficient (Wildman–Crippen LogP) is 2.70. The summed E-state index contributed by atoms with van der Waals surface area (Å²) in [6.45, 7) is 0.836. The molecule has 2 rings (SSSR count). The van der Waals surface area contributed by atoms with Crippen LogP contribution in [0.15, 0.2) is 30.3 Å². The highest BCUT2D eigenvalue weighted by Crippen LogP contribution is 2.36. The van der Waals surface area contributed by atoms with E-state index in [2.05, 4.69) is 42.1 Å². The molecule has 1 nitrogen and oxygen atoms in total. The van der Waals surface area contributed by atoms with Crippen molar-refractivity contribution in [2.24, 2.45) is 11.1 Å². The summed E-state index contributed by atoms with van der Waals surface area (Å²) in [7, 11) is 0. The Morgan fingerprint density at radius 3 is 2.40 bits per heavy atom. The summed E-state index contributed by atoms with van der Waals surface area (Å²) >= 11 is 2.07. The smallest absolute Gasteiger partial charge is 0.00167 e. The maximum Gasteiger partial charge on any atom is -0.00167 e. The van der Waals surface area contributed by atoms with Crippen LogP contribution < -0.4 is 5.73 Å². The number of rotatable bonds is 3. The van der Waals surface area contributed by atoms with E-state index in [0.717, 1.165) is 13.0 Å². The molecule has 0 aromatic heterocycles. The van der Waals surface area contributed by atoms with E-state index < -0.39 is 0 Å². The number of benzene rings is 1. The van der Waals surface area contributed by atoms with Crippen LogP contribution >= 0.6 is 11.8 Å². The van der Waals surface area contributed by atoms with Gasteiger partial charge in [-0.15, -0.1) is 0 Å². The summed E-state index contributed by atoms with van der Waals surface area (Å²) < 4.78 is 0. The Labute approximate surface area is 96.4 Å². The van der Waals surface area contributed by atoms with Crippen LogP contribution in [0.4, 0.5) is 0 Å². The highest BCUT2D eigenvalue weighted by molar-refractivity contribution is 7.99. The molecule has 1 heterocycles. The lowest BCUT2D eigenvalue weighted by Crippen LogP contribution is -2.36. The first-order valence-electron chi connectivity index (χ1n) is 5.66. The van der Waals surface area contributed by atoms with Gasteiger partial charge in [0.05, 0.1) is 0 Å². The van der Waals surface area contributed by atoms with Crippen molar-refractivity contribution >= 4 is 11.8 Å². The molecule has 0 atom stereocenters. The Bertz CT molecular complexity index is 291. The minimum Gasteiger partial charge on any atom is -0.330 e. The maximum absolute atomic E-state index is 5.98. The van der Waals surface area contributed by atoms with Crippen molar-refractivity contribution in [1.82, 2.24) is 0 Å². The zero-order valence-corrected chi connectivity index (χ0v) is 9.93. The zero-order valence-electron chi connectivity index (χ0n) is 9.11. The Morgan fingerprint density at radius 2 is 1.80 bits per heavy atom. The molecule has 0 saturated carbocycles. The number of nitrogens with two attached hydrogens (primary N) is 1. The lowest BCUT2D eigenvalue weighted by atomic mass is 9.77. The van der Waals surface area contributed by atoms with Crippen molar-refractivity contribution < 1.29 is 0 Å². The fourth-order valence-electron chi connectivity index (χ4n) is 2.29. The van der Waals surface area contributed by atoms with Crippen molar-refractivity contribution in [1.29, 1.82) is 0 Å². The van der Waals surface area contributed by atoms with E-state index in [1.54, 1.807) is 0 Å². The fraction of sp³-hybridized carbons (Fsp3) is 0.538. The summed E-state index contributed by atoms with van der Waals surface area (Å²) in [4.78, 5) is 0. The molecule has 1 fully saturated rings. The minimum atomic E-state index is 0.382. The lowest BCUT2D eigenvalue weighted by Gasteiger charge is -2.36. The van der Waals surface area contributed by atoms with E-state index in [1.165, 1.54) is 29.9 Å². The molecule has 2 heteroatoms. The second-order valence-corrected chi connectivity index (χ2v) is 5.70. The second-order valence-electron chi connectivity index (χ2n) is 4.48. The first-order valence-corrected chi connectivity index (χ1v) is 6.82. The monoisotopic (exact) mass is 221 g/mol. The van der Waals surface area contributed by atoms with Gasteiger partial charge >= 0.3 is 0 Å². The van der Waals surface area contributed by atoms with Crippen molar-refractivity contribution in [3.8, 4) is 0 Å². The summed E-state index contributed by atoms with van der Waals surface area (Å²) in [6, 6.07) is 10.8. The van der Waals surface area contributed by atoms with Gasteiger partial charge in [0.15, 0.2) is 0 Å². The SMILES string of the molecule is NCC1(Cc2ccccc2)CCSCC1. The third-order valence-electron chi connectivity index (χ3n) is 3.41. The maximum atomic E-state index is 5.98. The molecule has 2 N–H and O–H groups in total. The van der Waals surface area contributed by atoms with Crippen LogP contribution in [0.1, 0.15) is 18.4 Å².